The zero-order valence-corrected chi connectivity index (χ0v) is 12.8. The molecule has 3 nitrogen and oxygen atoms in total. The first-order chi connectivity index (χ1) is 8.58. The van der Waals surface area contributed by atoms with Gasteiger partial charge in [-0.3, -0.25) is 14.5 Å². The highest BCUT2D eigenvalue weighted by Crippen LogP contribution is 2.48. The van der Waals surface area contributed by atoms with Crippen LogP contribution in [0.3, 0.4) is 0 Å². The van der Waals surface area contributed by atoms with Crippen LogP contribution in [0.5, 0.6) is 0 Å². The highest BCUT2D eigenvalue weighted by Gasteiger charge is 2.59. The molecule has 2 unspecified atom stereocenters. The third kappa shape index (κ3) is 2.36. The SMILES string of the molecule is CCCC(CBr)(CCC)CN1C(=O)C2CC2C1=O. The maximum absolute atomic E-state index is 12.0. The summed E-state index contributed by atoms with van der Waals surface area (Å²) in [5.41, 5.74) is 0.0750. The molecular weight excluding hydrogens is 294 g/mol. The number of fused-ring (bicyclic) bond motifs is 1. The van der Waals surface area contributed by atoms with Gasteiger partial charge in [0, 0.05) is 11.9 Å². The number of halogens is 1. The Bertz CT molecular complexity index is 330. The monoisotopic (exact) mass is 315 g/mol. The maximum atomic E-state index is 12.0. The lowest BCUT2D eigenvalue weighted by molar-refractivity contribution is -0.143. The van der Waals surface area contributed by atoms with Gasteiger partial charge in [0.05, 0.1) is 11.8 Å². The highest BCUT2D eigenvalue weighted by atomic mass is 79.9. The number of hydrogen-bond acceptors (Lipinski definition) is 2. The molecule has 0 bridgehead atoms. The number of nitrogens with zero attached hydrogens (tertiary/aromatic N) is 1. The van der Waals surface area contributed by atoms with Gasteiger partial charge in [0.15, 0.2) is 0 Å². The third-order valence-electron chi connectivity index (χ3n) is 4.29. The fourth-order valence-electron chi connectivity index (χ4n) is 3.26. The molecule has 1 saturated heterocycles. The maximum Gasteiger partial charge on any atom is 0.233 e. The van der Waals surface area contributed by atoms with Crippen LogP contribution < -0.4 is 0 Å². The molecule has 0 aromatic rings. The average molecular weight is 316 g/mol. The minimum Gasteiger partial charge on any atom is -0.282 e. The second kappa shape index (κ2) is 5.32. The molecule has 2 rings (SSSR count). The minimum absolute atomic E-state index is 0.0359. The predicted molar refractivity (Wildman–Crippen MR) is 74.4 cm³/mol. The fraction of sp³-hybridized carbons (Fsp3) is 0.857. The fourth-order valence-corrected chi connectivity index (χ4v) is 4.00. The van der Waals surface area contributed by atoms with Crippen LogP contribution in [0.4, 0.5) is 0 Å². The van der Waals surface area contributed by atoms with Gasteiger partial charge in [-0.25, -0.2) is 0 Å². The number of amides is 2. The Morgan fingerprint density at radius 2 is 1.67 bits per heavy atom. The van der Waals surface area contributed by atoms with E-state index in [0.29, 0.717) is 6.54 Å². The molecule has 0 radical (unpaired) electrons. The number of carbonyl (C=O) groups excluding carboxylic acids is 2. The number of rotatable bonds is 7. The summed E-state index contributed by atoms with van der Waals surface area (Å²) in [6, 6.07) is 0. The molecule has 0 spiro atoms. The highest BCUT2D eigenvalue weighted by molar-refractivity contribution is 9.09. The number of hydrogen-bond donors (Lipinski definition) is 0. The molecule has 1 heterocycles. The molecule has 2 atom stereocenters. The van der Waals surface area contributed by atoms with Gasteiger partial charge < -0.3 is 0 Å². The summed E-state index contributed by atoms with van der Waals surface area (Å²) in [4.78, 5) is 25.6. The van der Waals surface area contributed by atoms with Crippen LogP contribution in [-0.4, -0.2) is 28.6 Å². The van der Waals surface area contributed by atoms with Gasteiger partial charge in [-0.05, 0) is 24.7 Å². The lowest BCUT2D eigenvalue weighted by Crippen LogP contribution is -2.43. The molecule has 1 aliphatic carbocycles. The van der Waals surface area contributed by atoms with Crippen molar-refractivity contribution in [1.82, 2.24) is 4.90 Å². The smallest absolute Gasteiger partial charge is 0.233 e. The van der Waals surface area contributed by atoms with Crippen molar-refractivity contribution in [2.45, 2.75) is 46.0 Å². The molecular formula is C14H22BrNO2. The van der Waals surface area contributed by atoms with Crippen LogP contribution in [0.2, 0.25) is 0 Å². The molecule has 1 aliphatic heterocycles. The number of imide groups is 1. The average Bonchev–Trinajstić information content (AvgIpc) is 3.10. The van der Waals surface area contributed by atoms with E-state index in [0.717, 1.165) is 37.4 Å². The summed E-state index contributed by atoms with van der Waals surface area (Å²) < 4.78 is 0. The summed E-state index contributed by atoms with van der Waals surface area (Å²) >= 11 is 3.60. The topological polar surface area (TPSA) is 37.4 Å². The van der Waals surface area contributed by atoms with Crippen LogP contribution in [-0.2, 0) is 9.59 Å². The first-order valence-corrected chi connectivity index (χ1v) is 8.12. The van der Waals surface area contributed by atoms with Crippen molar-refractivity contribution in [3.05, 3.63) is 0 Å². The standard InChI is InChI=1S/C14H22BrNO2/c1-3-5-14(8-15,6-4-2)9-16-12(17)10-7-11(10)13(16)18/h10-11H,3-9H2,1-2H3. The van der Waals surface area contributed by atoms with Gasteiger partial charge in [0.2, 0.25) is 11.8 Å². The van der Waals surface area contributed by atoms with E-state index >= 15 is 0 Å². The molecule has 2 fully saturated rings. The van der Waals surface area contributed by atoms with Crippen LogP contribution in [0.15, 0.2) is 0 Å². The first-order valence-electron chi connectivity index (χ1n) is 6.99. The van der Waals surface area contributed by atoms with Gasteiger partial charge >= 0.3 is 0 Å². The van der Waals surface area contributed by atoms with E-state index in [1.807, 2.05) is 0 Å². The van der Waals surface area contributed by atoms with Gasteiger partial charge in [0.25, 0.3) is 0 Å². The molecule has 102 valence electrons. The molecule has 18 heavy (non-hydrogen) atoms. The molecule has 2 amide bonds. The van der Waals surface area contributed by atoms with Crippen molar-refractivity contribution in [3.63, 3.8) is 0 Å². The summed E-state index contributed by atoms with van der Waals surface area (Å²) in [7, 11) is 0. The van der Waals surface area contributed by atoms with Crippen molar-refractivity contribution < 1.29 is 9.59 Å². The Morgan fingerprint density at radius 3 is 2.06 bits per heavy atom. The minimum atomic E-state index is 0.0359. The number of carbonyl (C=O) groups is 2. The van der Waals surface area contributed by atoms with Crippen LogP contribution >= 0.6 is 15.9 Å². The lowest BCUT2D eigenvalue weighted by Gasteiger charge is -2.35. The zero-order valence-electron chi connectivity index (χ0n) is 11.2. The van der Waals surface area contributed by atoms with E-state index in [1.54, 1.807) is 4.90 Å². The second-order valence-corrected chi connectivity index (χ2v) is 6.41. The number of piperidine rings is 1. The van der Waals surface area contributed by atoms with Gasteiger partial charge in [-0.1, -0.05) is 42.6 Å². The summed E-state index contributed by atoms with van der Waals surface area (Å²) in [5, 5.41) is 0.869. The molecule has 0 aromatic heterocycles. The van der Waals surface area contributed by atoms with Crippen molar-refractivity contribution in [2.75, 3.05) is 11.9 Å². The Labute approximate surface area is 117 Å². The molecule has 2 aliphatic rings. The number of likely N-dealkylation sites (tertiary alicyclic amines) is 1. The summed E-state index contributed by atoms with van der Waals surface area (Å²) in [6.07, 6.45) is 5.12. The molecule has 4 heteroatoms. The van der Waals surface area contributed by atoms with E-state index in [4.69, 9.17) is 0 Å². The lowest BCUT2D eigenvalue weighted by atomic mass is 9.80. The van der Waals surface area contributed by atoms with E-state index in [9.17, 15) is 9.59 Å². The normalized spacial score (nSPS) is 26.7. The van der Waals surface area contributed by atoms with Crippen molar-refractivity contribution >= 4 is 27.7 Å². The first kappa shape index (κ1) is 14.0. The molecule has 0 aromatic carbocycles. The van der Waals surface area contributed by atoms with E-state index < -0.39 is 0 Å². The third-order valence-corrected chi connectivity index (χ3v) is 5.48. The van der Waals surface area contributed by atoms with Gasteiger partial charge in [0.1, 0.15) is 0 Å². The van der Waals surface area contributed by atoms with Crippen LogP contribution in [0.1, 0.15) is 46.0 Å². The molecule has 0 N–H and O–H groups in total. The van der Waals surface area contributed by atoms with Crippen molar-refractivity contribution in [1.29, 1.82) is 0 Å². The Hall–Kier alpha value is -0.380. The predicted octanol–water partition coefficient (Wildman–Crippen LogP) is 2.97. The summed E-state index contributed by atoms with van der Waals surface area (Å²) in [5.74, 6) is 0.243. The summed E-state index contributed by atoms with van der Waals surface area (Å²) in [6.45, 7) is 4.95. The second-order valence-electron chi connectivity index (χ2n) is 5.84. The Balaban J connectivity index is 2.08. The largest absolute Gasteiger partial charge is 0.282 e. The van der Waals surface area contributed by atoms with E-state index in [2.05, 4.69) is 29.8 Å². The van der Waals surface area contributed by atoms with Crippen LogP contribution in [0, 0.1) is 17.3 Å². The van der Waals surface area contributed by atoms with Gasteiger partial charge in [-0.15, -0.1) is 0 Å². The van der Waals surface area contributed by atoms with Gasteiger partial charge in [-0.2, -0.15) is 0 Å². The number of alkyl halides is 1. The van der Waals surface area contributed by atoms with E-state index in [-0.39, 0.29) is 29.1 Å². The Kier molecular flexibility index (Phi) is 4.15. The Morgan fingerprint density at radius 1 is 1.17 bits per heavy atom. The van der Waals surface area contributed by atoms with E-state index in [1.165, 1.54) is 0 Å². The van der Waals surface area contributed by atoms with Crippen molar-refractivity contribution in [3.8, 4) is 0 Å². The quantitative estimate of drug-likeness (QED) is 0.535. The zero-order chi connectivity index (χ0) is 13.3. The molecule has 1 saturated carbocycles. The van der Waals surface area contributed by atoms with Crippen LogP contribution in [0.25, 0.3) is 0 Å². The van der Waals surface area contributed by atoms with Crippen molar-refractivity contribution in [2.24, 2.45) is 17.3 Å².